The lowest BCUT2D eigenvalue weighted by Crippen LogP contribution is -1.98. The van der Waals surface area contributed by atoms with Gasteiger partial charge in [-0.2, -0.15) is 0 Å². The Balaban J connectivity index is 1.47. The number of benzene rings is 3. The first-order valence-electron chi connectivity index (χ1n) is 9.02. The van der Waals surface area contributed by atoms with Gasteiger partial charge < -0.3 is 10.4 Å². The van der Waals surface area contributed by atoms with E-state index in [0.717, 1.165) is 33.4 Å². The van der Waals surface area contributed by atoms with Crippen LogP contribution in [0.2, 0.25) is 5.02 Å². The molecule has 0 radical (unpaired) electrons. The number of halogens is 1. The molecule has 0 spiro atoms. The maximum absolute atomic E-state index is 9.36. The van der Waals surface area contributed by atoms with E-state index in [-0.39, 0.29) is 5.75 Å². The Hall–Kier alpha value is -3.30. The third-order valence-corrected chi connectivity index (χ3v) is 4.68. The van der Waals surface area contributed by atoms with Gasteiger partial charge in [0.15, 0.2) is 0 Å². The molecule has 0 saturated carbocycles. The van der Waals surface area contributed by atoms with Crippen molar-refractivity contribution in [2.24, 2.45) is 0 Å². The van der Waals surface area contributed by atoms with Gasteiger partial charge in [-0.25, -0.2) is 4.98 Å². The minimum absolute atomic E-state index is 0.278. The highest BCUT2D eigenvalue weighted by atomic mass is 35.5. The Kier molecular flexibility index (Phi) is 5.27. The summed E-state index contributed by atoms with van der Waals surface area (Å²) in [7, 11) is 0. The maximum Gasteiger partial charge on any atom is 0.115 e. The summed E-state index contributed by atoms with van der Waals surface area (Å²) in [5.74, 6) is 0.278. The SMILES string of the molecule is Oc1ccc(CNc2cccc(C=Cc3ccc4ccc(Cl)cc4n3)c2)cc1. The molecule has 138 valence electrons. The van der Waals surface area contributed by atoms with E-state index >= 15 is 0 Å². The largest absolute Gasteiger partial charge is 0.508 e. The number of hydrogen-bond donors (Lipinski definition) is 2. The third kappa shape index (κ3) is 4.51. The molecule has 0 aliphatic rings. The van der Waals surface area contributed by atoms with Gasteiger partial charge in [-0.1, -0.05) is 54.1 Å². The van der Waals surface area contributed by atoms with E-state index in [9.17, 15) is 5.11 Å². The molecule has 1 heterocycles. The van der Waals surface area contributed by atoms with Gasteiger partial charge in [0.1, 0.15) is 5.75 Å². The molecule has 4 aromatic rings. The molecule has 0 amide bonds. The Morgan fingerprint density at radius 3 is 2.57 bits per heavy atom. The fraction of sp³-hybridized carbons (Fsp3) is 0.0417. The van der Waals surface area contributed by atoms with Crippen molar-refractivity contribution < 1.29 is 5.11 Å². The van der Waals surface area contributed by atoms with Gasteiger partial charge in [0.25, 0.3) is 0 Å². The van der Waals surface area contributed by atoms with Crippen LogP contribution in [0.4, 0.5) is 5.69 Å². The second-order valence-corrected chi connectivity index (χ2v) is 6.99. The highest BCUT2D eigenvalue weighted by Gasteiger charge is 1.99. The summed E-state index contributed by atoms with van der Waals surface area (Å²) < 4.78 is 0. The molecule has 0 aliphatic carbocycles. The minimum atomic E-state index is 0.278. The number of aromatic nitrogens is 1. The van der Waals surface area contributed by atoms with E-state index in [1.54, 1.807) is 12.1 Å². The monoisotopic (exact) mass is 386 g/mol. The first-order valence-corrected chi connectivity index (χ1v) is 9.40. The zero-order valence-corrected chi connectivity index (χ0v) is 15.9. The summed E-state index contributed by atoms with van der Waals surface area (Å²) in [6.07, 6.45) is 4.05. The first kappa shape index (κ1) is 18.1. The molecular formula is C24H19ClN2O. The maximum atomic E-state index is 9.36. The number of rotatable bonds is 5. The molecule has 3 aromatic carbocycles. The molecule has 2 N–H and O–H groups in total. The van der Waals surface area contributed by atoms with E-state index in [0.29, 0.717) is 11.6 Å². The van der Waals surface area contributed by atoms with Crippen LogP contribution in [0.5, 0.6) is 5.75 Å². The fourth-order valence-electron chi connectivity index (χ4n) is 2.95. The highest BCUT2D eigenvalue weighted by molar-refractivity contribution is 6.31. The lowest BCUT2D eigenvalue weighted by molar-refractivity contribution is 0.475. The Morgan fingerprint density at radius 1 is 0.893 bits per heavy atom. The molecule has 4 heteroatoms. The molecule has 0 unspecified atom stereocenters. The molecule has 28 heavy (non-hydrogen) atoms. The number of pyridine rings is 1. The summed E-state index contributed by atoms with van der Waals surface area (Å²) in [4.78, 5) is 4.65. The molecule has 4 rings (SSSR count). The van der Waals surface area contributed by atoms with E-state index in [1.165, 1.54) is 0 Å². The molecule has 0 fully saturated rings. The molecular weight excluding hydrogens is 368 g/mol. The zero-order chi connectivity index (χ0) is 19.3. The van der Waals surface area contributed by atoms with Crippen LogP contribution >= 0.6 is 11.6 Å². The van der Waals surface area contributed by atoms with Gasteiger partial charge in [0, 0.05) is 22.6 Å². The van der Waals surface area contributed by atoms with Gasteiger partial charge in [-0.05, 0) is 59.7 Å². The van der Waals surface area contributed by atoms with Crippen LogP contribution in [0.3, 0.4) is 0 Å². The summed E-state index contributed by atoms with van der Waals surface area (Å²) >= 11 is 6.07. The molecule has 3 nitrogen and oxygen atoms in total. The number of phenolic OH excluding ortho intramolecular Hbond substituents is 1. The van der Waals surface area contributed by atoms with Crippen molar-refractivity contribution in [1.29, 1.82) is 0 Å². The van der Waals surface area contributed by atoms with Crippen LogP contribution < -0.4 is 5.32 Å². The molecule has 0 bridgehead atoms. The van der Waals surface area contributed by atoms with Crippen molar-refractivity contribution in [3.8, 4) is 5.75 Å². The van der Waals surface area contributed by atoms with Gasteiger partial charge >= 0.3 is 0 Å². The Bertz CT molecular complexity index is 1140. The molecule has 0 saturated heterocycles. The average molecular weight is 387 g/mol. The lowest BCUT2D eigenvalue weighted by atomic mass is 10.1. The van der Waals surface area contributed by atoms with Crippen LogP contribution in [-0.2, 0) is 6.54 Å². The molecule has 0 atom stereocenters. The summed E-state index contributed by atoms with van der Waals surface area (Å²) in [5.41, 5.74) is 5.01. The van der Waals surface area contributed by atoms with Gasteiger partial charge in [-0.3, -0.25) is 0 Å². The van der Waals surface area contributed by atoms with E-state index in [4.69, 9.17) is 11.6 Å². The number of phenols is 1. The van der Waals surface area contributed by atoms with Crippen molar-refractivity contribution in [3.05, 3.63) is 101 Å². The predicted octanol–water partition coefficient (Wildman–Crippen LogP) is 6.38. The number of fused-ring (bicyclic) bond motifs is 1. The number of nitrogens with zero attached hydrogens (tertiary/aromatic N) is 1. The van der Waals surface area contributed by atoms with Crippen molar-refractivity contribution >= 4 is 40.3 Å². The molecule has 0 aliphatic heterocycles. The number of anilines is 1. The van der Waals surface area contributed by atoms with Gasteiger partial charge in [0.2, 0.25) is 0 Å². The van der Waals surface area contributed by atoms with Crippen molar-refractivity contribution in [2.75, 3.05) is 5.32 Å². The van der Waals surface area contributed by atoms with Crippen molar-refractivity contribution in [2.45, 2.75) is 6.54 Å². The number of aromatic hydroxyl groups is 1. The van der Waals surface area contributed by atoms with Crippen molar-refractivity contribution in [3.63, 3.8) is 0 Å². The summed E-state index contributed by atoms with van der Waals surface area (Å²) in [6.45, 7) is 0.695. The summed E-state index contributed by atoms with van der Waals surface area (Å²) in [5, 5.41) is 14.5. The standard InChI is InChI=1S/C24H19ClN2O/c25-20-9-7-19-8-11-21(27-24(19)15-20)10-4-17-2-1-3-22(14-17)26-16-18-5-12-23(28)13-6-18/h1-15,26,28H,16H2. The zero-order valence-electron chi connectivity index (χ0n) is 15.1. The Morgan fingerprint density at radius 2 is 1.71 bits per heavy atom. The second kappa shape index (κ2) is 8.15. The van der Waals surface area contributed by atoms with Gasteiger partial charge in [0.05, 0.1) is 11.2 Å². The van der Waals surface area contributed by atoms with Crippen LogP contribution in [-0.4, -0.2) is 10.1 Å². The highest BCUT2D eigenvalue weighted by Crippen LogP contribution is 2.20. The average Bonchev–Trinajstić information content (AvgIpc) is 2.72. The number of nitrogens with one attached hydrogen (secondary N) is 1. The normalized spacial score (nSPS) is 11.2. The quantitative estimate of drug-likeness (QED) is 0.418. The van der Waals surface area contributed by atoms with Gasteiger partial charge in [-0.15, -0.1) is 0 Å². The fourth-order valence-corrected chi connectivity index (χ4v) is 3.12. The topological polar surface area (TPSA) is 45.1 Å². The lowest BCUT2D eigenvalue weighted by Gasteiger charge is -2.07. The smallest absolute Gasteiger partial charge is 0.115 e. The van der Waals surface area contributed by atoms with Crippen LogP contribution in [0, 0.1) is 0 Å². The van der Waals surface area contributed by atoms with E-state index in [2.05, 4.69) is 22.4 Å². The number of hydrogen-bond acceptors (Lipinski definition) is 3. The van der Waals surface area contributed by atoms with Crippen LogP contribution in [0.25, 0.3) is 23.1 Å². The second-order valence-electron chi connectivity index (χ2n) is 6.55. The predicted molar refractivity (Wildman–Crippen MR) is 118 cm³/mol. The first-order chi connectivity index (χ1) is 13.7. The van der Waals surface area contributed by atoms with Crippen LogP contribution in [0.1, 0.15) is 16.8 Å². The van der Waals surface area contributed by atoms with E-state index < -0.39 is 0 Å². The molecule has 1 aromatic heterocycles. The third-order valence-electron chi connectivity index (χ3n) is 4.44. The van der Waals surface area contributed by atoms with Crippen LogP contribution in [0.15, 0.2) is 78.9 Å². The minimum Gasteiger partial charge on any atom is -0.508 e. The van der Waals surface area contributed by atoms with E-state index in [1.807, 2.05) is 66.7 Å². The Labute approximate surface area is 168 Å². The summed E-state index contributed by atoms with van der Waals surface area (Å²) in [6, 6.07) is 25.2. The van der Waals surface area contributed by atoms with Crippen molar-refractivity contribution in [1.82, 2.24) is 4.98 Å².